The van der Waals surface area contributed by atoms with E-state index in [0.29, 0.717) is 5.56 Å². The molecule has 2 heteroatoms. The van der Waals surface area contributed by atoms with Crippen LogP contribution in [0.15, 0.2) is 72.9 Å². The van der Waals surface area contributed by atoms with E-state index in [2.05, 4.69) is 65.4 Å². The maximum atomic E-state index is 9.00. The molecule has 0 aliphatic rings. The first-order valence-corrected chi connectivity index (χ1v) is 7.31. The lowest BCUT2D eigenvalue weighted by Crippen LogP contribution is -1.98. The monoisotopic (exact) mass is 282 g/mol. The molecule has 0 spiro atoms. The van der Waals surface area contributed by atoms with Crippen LogP contribution in [0.2, 0.25) is 0 Å². The van der Waals surface area contributed by atoms with Crippen molar-refractivity contribution in [2.45, 2.75) is 6.54 Å². The van der Waals surface area contributed by atoms with Gasteiger partial charge >= 0.3 is 0 Å². The van der Waals surface area contributed by atoms with Crippen molar-refractivity contribution < 1.29 is 0 Å². The van der Waals surface area contributed by atoms with Crippen LogP contribution >= 0.6 is 0 Å². The summed E-state index contributed by atoms with van der Waals surface area (Å²) < 4.78 is 2.23. The van der Waals surface area contributed by atoms with Crippen LogP contribution in [0.25, 0.3) is 21.7 Å². The van der Waals surface area contributed by atoms with E-state index in [0.717, 1.165) is 17.4 Å². The molecule has 3 aromatic carbocycles. The second kappa shape index (κ2) is 5.05. The van der Waals surface area contributed by atoms with E-state index < -0.39 is 0 Å². The molecule has 0 radical (unpaired) electrons. The molecule has 0 atom stereocenters. The molecule has 4 rings (SSSR count). The van der Waals surface area contributed by atoms with Gasteiger partial charge in [-0.25, -0.2) is 0 Å². The van der Waals surface area contributed by atoms with Gasteiger partial charge < -0.3 is 4.57 Å². The average Bonchev–Trinajstić information content (AvgIpc) is 2.97. The van der Waals surface area contributed by atoms with Gasteiger partial charge in [0.25, 0.3) is 0 Å². The molecule has 0 saturated carbocycles. The lowest BCUT2D eigenvalue weighted by atomic mass is 10.0. The van der Waals surface area contributed by atoms with Gasteiger partial charge in [0.2, 0.25) is 0 Å². The first-order valence-electron chi connectivity index (χ1n) is 7.31. The highest BCUT2D eigenvalue weighted by Gasteiger charge is 2.05. The zero-order valence-electron chi connectivity index (χ0n) is 12.0. The fraction of sp³-hybridized carbons (Fsp3) is 0.0500. The van der Waals surface area contributed by atoms with E-state index in [9.17, 15) is 0 Å². The molecule has 0 fully saturated rings. The number of benzene rings is 3. The van der Waals surface area contributed by atoms with Crippen LogP contribution in [0.4, 0.5) is 0 Å². The number of fused-ring (bicyclic) bond motifs is 2. The Bertz CT molecular complexity index is 1010. The largest absolute Gasteiger partial charge is 0.343 e. The zero-order valence-corrected chi connectivity index (χ0v) is 12.0. The normalized spacial score (nSPS) is 10.9. The minimum atomic E-state index is 0.704. The summed E-state index contributed by atoms with van der Waals surface area (Å²) in [6.45, 7) is 0.830. The molecular weight excluding hydrogens is 268 g/mol. The van der Waals surface area contributed by atoms with E-state index >= 15 is 0 Å². The Morgan fingerprint density at radius 1 is 0.864 bits per heavy atom. The second-order valence-electron chi connectivity index (χ2n) is 5.47. The third-order valence-electron chi connectivity index (χ3n) is 4.12. The lowest BCUT2D eigenvalue weighted by Gasteiger charge is -2.09. The van der Waals surface area contributed by atoms with Gasteiger partial charge in [-0.2, -0.15) is 5.26 Å². The van der Waals surface area contributed by atoms with Crippen LogP contribution < -0.4 is 0 Å². The molecule has 2 nitrogen and oxygen atoms in total. The van der Waals surface area contributed by atoms with E-state index in [1.54, 1.807) is 0 Å². The Morgan fingerprint density at radius 2 is 1.73 bits per heavy atom. The van der Waals surface area contributed by atoms with Gasteiger partial charge in [-0.1, -0.05) is 42.5 Å². The third-order valence-corrected chi connectivity index (χ3v) is 4.12. The first-order chi connectivity index (χ1) is 10.8. The van der Waals surface area contributed by atoms with Crippen LogP contribution in [0.5, 0.6) is 0 Å². The lowest BCUT2D eigenvalue weighted by molar-refractivity contribution is 0.843. The number of hydrogen-bond donors (Lipinski definition) is 0. The molecule has 0 aliphatic carbocycles. The van der Waals surface area contributed by atoms with Crippen molar-refractivity contribution in [3.05, 3.63) is 84.1 Å². The Morgan fingerprint density at radius 3 is 2.64 bits per heavy atom. The summed E-state index contributed by atoms with van der Waals surface area (Å²) in [6.07, 6.45) is 2.09. The Hall–Kier alpha value is -3.05. The number of nitrogens with zero attached hydrogens (tertiary/aromatic N) is 2. The van der Waals surface area contributed by atoms with Gasteiger partial charge in [0.1, 0.15) is 0 Å². The fourth-order valence-corrected chi connectivity index (χ4v) is 3.02. The van der Waals surface area contributed by atoms with Crippen LogP contribution in [-0.2, 0) is 6.54 Å². The summed E-state index contributed by atoms with van der Waals surface area (Å²) in [7, 11) is 0. The Kier molecular flexibility index (Phi) is 2.91. The topological polar surface area (TPSA) is 28.7 Å². The smallest absolute Gasteiger partial charge is 0.0991 e. The molecule has 0 saturated heterocycles. The zero-order chi connectivity index (χ0) is 14.9. The van der Waals surface area contributed by atoms with Crippen molar-refractivity contribution in [1.29, 1.82) is 5.26 Å². The molecule has 0 bridgehead atoms. The van der Waals surface area contributed by atoms with Gasteiger partial charge in [0.05, 0.1) is 11.6 Å². The minimum Gasteiger partial charge on any atom is -0.343 e. The molecule has 1 heterocycles. The quantitative estimate of drug-likeness (QED) is 0.523. The molecule has 104 valence electrons. The van der Waals surface area contributed by atoms with Crippen LogP contribution in [0.1, 0.15) is 11.1 Å². The summed E-state index contributed by atoms with van der Waals surface area (Å²) in [4.78, 5) is 0. The summed E-state index contributed by atoms with van der Waals surface area (Å²) in [6, 6.07) is 25.0. The molecule has 1 aromatic heterocycles. The van der Waals surface area contributed by atoms with Crippen molar-refractivity contribution in [3.8, 4) is 6.07 Å². The summed E-state index contributed by atoms with van der Waals surface area (Å²) in [5, 5.41) is 12.7. The first kappa shape index (κ1) is 12.7. The maximum Gasteiger partial charge on any atom is 0.0991 e. The van der Waals surface area contributed by atoms with Gasteiger partial charge in [0.15, 0.2) is 0 Å². The third kappa shape index (κ3) is 2.04. The van der Waals surface area contributed by atoms with E-state index in [4.69, 9.17) is 5.26 Å². The second-order valence-corrected chi connectivity index (χ2v) is 5.47. The molecular formula is C20H14N2. The van der Waals surface area contributed by atoms with Gasteiger partial charge in [-0.3, -0.25) is 0 Å². The van der Waals surface area contributed by atoms with Crippen molar-refractivity contribution in [1.82, 2.24) is 4.57 Å². The van der Waals surface area contributed by atoms with Crippen LogP contribution in [-0.4, -0.2) is 4.57 Å². The summed E-state index contributed by atoms with van der Waals surface area (Å²) in [5.74, 6) is 0. The summed E-state index contributed by atoms with van der Waals surface area (Å²) in [5.41, 5.74) is 3.17. The minimum absolute atomic E-state index is 0.704. The predicted octanol–water partition coefficient (Wildman–Crippen LogP) is 4.71. The Balaban J connectivity index is 1.81. The number of nitriles is 1. The van der Waals surface area contributed by atoms with Crippen LogP contribution in [0, 0.1) is 11.3 Å². The summed E-state index contributed by atoms with van der Waals surface area (Å²) >= 11 is 0. The van der Waals surface area contributed by atoms with Crippen molar-refractivity contribution in [2.75, 3.05) is 0 Å². The number of rotatable bonds is 2. The van der Waals surface area contributed by atoms with Crippen LogP contribution in [0.3, 0.4) is 0 Å². The maximum absolute atomic E-state index is 9.00. The fourth-order valence-electron chi connectivity index (χ4n) is 3.02. The standard InChI is InChI=1S/C20H14N2/c21-13-15-8-9-20-17(12-15)10-11-22(20)14-18-6-3-5-16-4-1-2-7-19(16)18/h1-12H,14H2. The number of hydrogen-bond acceptors (Lipinski definition) is 1. The van der Waals surface area contributed by atoms with E-state index in [-0.39, 0.29) is 0 Å². The molecule has 22 heavy (non-hydrogen) atoms. The molecule has 4 aromatic rings. The van der Waals surface area contributed by atoms with Crippen molar-refractivity contribution in [3.63, 3.8) is 0 Å². The SMILES string of the molecule is N#Cc1ccc2c(ccn2Cc2cccc3ccccc23)c1. The Labute approximate surface area is 128 Å². The number of aromatic nitrogens is 1. The average molecular weight is 282 g/mol. The predicted molar refractivity (Wildman–Crippen MR) is 89.7 cm³/mol. The molecule has 0 aliphatic heterocycles. The highest BCUT2D eigenvalue weighted by atomic mass is 14.9. The highest BCUT2D eigenvalue weighted by molar-refractivity contribution is 5.86. The van der Waals surface area contributed by atoms with Gasteiger partial charge in [-0.15, -0.1) is 0 Å². The highest BCUT2D eigenvalue weighted by Crippen LogP contribution is 2.23. The van der Waals surface area contributed by atoms with E-state index in [1.807, 2.05) is 18.2 Å². The van der Waals surface area contributed by atoms with Crippen molar-refractivity contribution in [2.24, 2.45) is 0 Å². The van der Waals surface area contributed by atoms with Crippen molar-refractivity contribution >= 4 is 21.7 Å². The van der Waals surface area contributed by atoms with E-state index in [1.165, 1.54) is 16.3 Å². The van der Waals surface area contributed by atoms with Gasteiger partial charge in [0, 0.05) is 23.6 Å². The van der Waals surface area contributed by atoms with Gasteiger partial charge in [-0.05, 0) is 40.6 Å². The molecule has 0 N–H and O–H groups in total. The molecule has 0 unspecified atom stereocenters. The molecule has 0 amide bonds.